The number of nitrogens with two attached hydrogens (primary N) is 1. The molecule has 0 radical (unpaired) electrons. The fraction of sp³-hybridized carbons (Fsp3) is 0.588. The summed E-state index contributed by atoms with van der Waals surface area (Å²) in [5.74, 6) is 0.796. The van der Waals surface area contributed by atoms with Gasteiger partial charge in [-0.2, -0.15) is 0 Å². The Kier molecular flexibility index (Phi) is 8.62. The van der Waals surface area contributed by atoms with Crippen LogP contribution in [0.15, 0.2) is 28.7 Å². The maximum Gasteiger partial charge on any atom is 0.222 e. The zero-order chi connectivity index (χ0) is 15.7. The van der Waals surface area contributed by atoms with Crippen LogP contribution in [0.25, 0.3) is 0 Å². The molecule has 0 saturated carbocycles. The highest BCUT2D eigenvalue weighted by Gasteiger charge is 2.14. The second-order valence-electron chi connectivity index (χ2n) is 5.61. The number of carbonyl (C=O) groups excluding carboxylic acids is 1. The number of nitrogens with zero attached hydrogens (tertiary/aromatic N) is 1. The van der Waals surface area contributed by atoms with Gasteiger partial charge in [0.05, 0.1) is 0 Å². The Morgan fingerprint density at radius 3 is 2.62 bits per heavy atom. The quantitative estimate of drug-likeness (QED) is 0.729. The van der Waals surface area contributed by atoms with Gasteiger partial charge in [-0.3, -0.25) is 4.79 Å². The number of hydrogen-bond donors (Lipinski definition) is 1. The van der Waals surface area contributed by atoms with E-state index in [0.717, 1.165) is 29.3 Å². The molecule has 21 heavy (non-hydrogen) atoms. The summed E-state index contributed by atoms with van der Waals surface area (Å²) < 4.78 is 1.05. The van der Waals surface area contributed by atoms with Gasteiger partial charge in [-0.05, 0) is 36.9 Å². The molecule has 1 aromatic carbocycles. The summed E-state index contributed by atoms with van der Waals surface area (Å²) in [5.41, 5.74) is 6.78. The predicted molar refractivity (Wildman–Crippen MR) is 91.9 cm³/mol. The fourth-order valence-electron chi connectivity index (χ4n) is 2.57. The van der Waals surface area contributed by atoms with Crippen LogP contribution in [0.2, 0.25) is 0 Å². The second-order valence-corrected chi connectivity index (χ2v) is 6.47. The summed E-state index contributed by atoms with van der Waals surface area (Å²) in [4.78, 5) is 14.1. The van der Waals surface area contributed by atoms with Crippen LogP contribution in [-0.4, -0.2) is 24.4 Å². The average Bonchev–Trinajstić information content (AvgIpc) is 2.47. The number of halogens is 1. The number of benzene rings is 1. The van der Waals surface area contributed by atoms with Crippen LogP contribution in [0.3, 0.4) is 0 Å². The zero-order valence-corrected chi connectivity index (χ0v) is 14.7. The number of carbonyl (C=O) groups is 1. The van der Waals surface area contributed by atoms with Gasteiger partial charge in [0.25, 0.3) is 0 Å². The van der Waals surface area contributed by atoms with Crippen molar-refractivity contribution in [3.05, 3.63) is 34.3 Å². The van der Waals surface area contributed by atoms with Crippen LogP contribution in [-0.2, 0) is 11.3 Å². The van der Waals surface area contributed by atoms with Crippen molar-refractivity contribution in [1.29, 1.82) is 0 Å². The van der Waals surface area contributed by atoms with Gasteiger partial charge in [-0.25, -0.2) is 0 Å². The predicted octanol–water partition coefficient (Wildman–Crippen LogP) is 3.95. The molecule has 0 aromatic heterocycles. The van der Waals surface area contributed by atoms with E-state index in [4.69, 9.17) is 5.73 Å². The van der Waals surface area contributed by atoms with Crippen molar-refractivity contribution in [2.45, 2.75) is 45.6 Å². The number of amides is 1. The van der Waals surface area contributed by atoms with E-state index in [1.54, 1.807) is 0 Å². The molecular weight excluding hydrogens is 328 g/mol. The highest BCUT2D eigenvalue weighted by atomic mass is 79.9. The van der Waals surface area contributed by atoms with E-state index in [-0.39, 0.29) is 5.91 Å². The van der Waals surface area contributed by atoms with Gasteiger partial charge >= 0.3 is 0 Å². The van der Waals surface area contributed by atoms with Crippen molar-refractivity contribution in [3.8, 4) is 0 Å². The molecule has 1 atom stereocenters. The van der Waals surface area contributed by atoms with E-state index in [1.807, 2.05) is 36.2 Å². The van der Waals surface area contributed by atoms with Crippen molar-refractivity contribution < 1.29 is 4.79 Å². The summed E-state index contributed by atoms with van der Waals surface area (Å²) in [7, 11) is 1.87. The minimum atomic E-state index is 0.212. The van der Waals surface area contributed by atoms with Crippen LogP contribution < -0.4 is 5.73 Å². The van der Waals surface area contributed by atoms with Crippen LogP contribution in [0.4, 0.5) is 0 Å². The van der Waals surface area contributed by atoms with E-state index in [2.05, 4.69) is 22.9 Å². The van der Waals surface area contributed by atoms with E-state index in [1.165, 1.54) is 6.42 Å². The zero-order valence-electron chi connectivity index (χ0n) is 13.1. The molecule has 1 rings (SSSR count). The molecule has 0 fully saturated rings. The molecule has 4 heteroatoms. The maximum absolute atomic E-state index is 12.3. The maximum atomic E-state index is 12.3. The molecule has 0 spiro atoms. The topological polar surface area (TPSA) is 46.3 Å². The normalized spacial score (nSPS) is 12.2. The van der Waals surface area contributed by atoms with Gasteiger partial charge in [-0.1, -0.05) is 53.9 Å². The second kappa shape index (κ2) is 9.96. The molecule has 0 aliphatic rings. The van der Waals surface area contributed by atoms with Crippen molar-refractivity contribution in [3.63, 3.8) is 0 Å². The molecule has 1 unspecified atom stereocenters. The molecule has 118 valence electrons. The minimum absolute atomic E-state index is 0.212. The molecule has 0 heterocycles. The largest absolute Gasteiger partial charge is 0.341 e. The Labute approximate surface area is 137 Å². The van der Waals surface area contributed by atoms with Crippen LogP contribution in [0, 0.1) is 5.92 Å². The first-order chi connectivity index (χ1) is 10.1. The standard InChI is InChI=1S/C17H27BrN2O/c1-3-6-14(11-12-19)9-10-17(21)20(2)13-15-7-4-5-8-16(15)18/h4-5,7-8,14H,3,6,9-13,19H2,1-2H3. The van der Waals surface area contributed by atoms with Crippen molar-refractivity contribution in [2.24, 2.45) is 11.7 Å². The Morgan fingerprint density at radius 2 is 2.00 bits per heavy atom. The summed E-state index contributed by atoms with van der Waals surface area (Å²) >= 11 is 3.53. The summed E-state index contributed by atoms with van der Waals surface area (Å²) in [6.45, 7) is 3.55. The first kappa shape index (κ1) is 18.2. The SMILES string of the molecule is CCCC(CCN)CCC(=O)N(C)Cc1ccccc1Br. The van der Waals surface area contributed by atoms with E-state index in [0.29, 0.717) is 25.4 Å². The smallest absolute Gasteiger partial charge is 0.222 e. The van der Waals surface area contributed by atoms with Gasteiger partial charge in [0.2, 0.25) is 5.91 Å². The molecule has 0 aliphatic heterocycles. The first-order valence-electron chi connectivity index (χ1n) is 7.75. The average molecular weight is 355 g/mol. The third kappa shape index (κ3) is 6.62. The first-order valence-corrected chi connectivity index (χ1v) is 8.55. The lowest BCUT2D eigenvalue weighted by molar-refractivity contribution is -0.130. The molecule has 2 N–H and O–H groups in total. The Hall–Kier alpha value is -0.870. The van der Waals surface area contributed by atoms with E-state index in [9.17, 15) is 4.79 Å². The summed E-state index contributed by atoms with van der Waals surface area (Å²) in [5, 5.41) is 0. The highest BCUT2D eigenvalue weighted by molar-refractivity contribution is 9.10. The third-order valence-electron chi connectivity index (χ3n) is 3.83. The highest BCUT2D eigenvalue weighted by Crippen LogP contribution is 2.20. The van der Waals surface area contributed by atoms with Crippen LogP contribution >= 0.6 is 15.9 Å². The summed E-state index contributed by atoms with van der Waals surface area (Å²) in [6, 6.07) is 8.03. The lowest BCUT2D eigenvalue weighted by atomic mass is 9.94. The van der Waals surface area contributed by atoms with E-state index >= 15 is 0 Å². The molecule has 3 nitrogen and oxygen atoms in total. The molecule has 0 bridgehead atoms. The molecule has 1 aromatic rings. The lowest BCUT2D eigenvalue weighted by Crippen LogP contribution is -2.26. The fourth-order valence-corrected chi connectivity index (χ4v) is 2.98. The van der Waals surface area contributed by atoms with Crippen LogP contribution in [0.1, 0.15) is 44.6 Å². The molecular formula is C17H27BrN2O. The van der Waals surface area contributed by atoms with E-state index < -0.39 is 0 Å². The van der Waals surface area contributed by atoms with Gasteiger partial charge < -0.3 is 10.6 Å². The Bertz CT molecular complexity index is 431. The van der Waals surface area contributed by atoms with Gasteiger partial charge in [0.15, 0.2) is 0 Å². The molecule has 0 aliphatic carbocycles. The lowest BCUT2D eigenvalue weighted by Gasteiger charge is -2.20. The molecule has 1 amide bonds. The van der Waals surface area contributed by atoms with Crippen LogP contribution in [0.5, 0.6) is 0 Å². The third-order valence-corrected chi connectivity index (χ3v) is 4.60. The molecule has 0 saturated heterocycles. The Morgan fingerprint density at radius 1 is 1.29 bits per heavy atom. The number of hydrogen-bond acceptors (Lipinski definition) is 2. The van der Waals surface area contributed by atoms with Gasteiger partial charge in [0, 0.05) is 24.5 Å². The van der Waals surface area contributed by atoms with Crippen molar-refractivity contribution in [2.75, 3.05) is 13.6 Å². The minimum Gasteiger partial charge on any atom is -0.341 e. The van der Waals surface area contributed by atoms with Crippen molar-refractivity contribution >= 4 is 21.8 Å². The summed E-state index contributed by atoms with van der Waals surface area (Å²) in [6.07, 6.45) is 4.91. The van der Waals surface area contributed by atoms with Crippen molar-refractivity contribution in [1.82, 2.24) is 4.90 Å². The van der Waals surface area contributed by atoms with Gasteiger partial charge in [0.1, 0.15) is 0 Å². The number of rotatable bonds is 9. The monoisotopic (exact) mass is 354 g/mol. The van der Waals surface area contributed by atoms with Gasteiger partial charge in [-0.15, -0.1) is 0 Å². The Balaban J connectivity index is 2.45.